The van der Waals surface area contributed by atoms with Gasteiger partial charge in [0, 0.05) is 32.7 Å². The van der Waals surface area contributed by atoms with Crippen LogP contribution in [0.4, 0.5) is 5.69 Å². The van der Waals surface area contributed by atoms with Crippen LogP contribution in [0.25, 0.3) is 5.43 Å². The minimum absolute atomic E-state index is 0. The maximum atomic E-state index is 4.06. The molecule has 0 aliphatic rings. The van der Waals surface area contributed by atoms with Crippen molar-refractivity contribution in [2.75, 3.05) is 7.05 Å². The third-order valence-electron chi connectivity index (χ3n) is 1.35. The van der Waals surface area contributed by atoms with E-state index in [0.29, 0.717) is 0 Å². The molecule has 0 fully saturated rings. The molecular formula is C10H17N2Y-. The number of hydrogen-bond donors (Lipinski definition) is 1. The molecule has 0 unspecified atom stereocenters. The molecule has 0 aliphatic heterocycles. The van der Waals surface area contributed by atoms with Crippen LogP contribution in [0.3, 0.4) is 0 Å². The van der Waals surface area contributed by atoms with Gasteiger partial charge >= 0.3 is 0 Å². The topological polar surface area (TPSA) is 26.1 Å². The Kier molecular flexibility index (Phi) is 12.2. The van der Waals surface area contributed by atoms with E-state index in [1.807, 2.05) is 45.0 Å². The Hall–Kier alpha value is 0.0839. The second-order valence-electron chi connectivity index (χ2n) is 2.12. The van der Waals surface area contributed by atoms with Crippen LogP contribution < -0.4 is 5.43 Å². The normalized spacial score (nSPS) is 7.69. The Bertz CT molecular complexity index is 214. The molecule has 1 rings (SSSR count). The molecule has 1 aromatic carbocycles. The molecule has 1 N–H and O–H groups in total. The van der Waals surface area contributed by atoms with Crippen molar-refractivity contribution in [3.8, 4) is 0 Å². The summed E-state index contributed by atoms with van der Waals surface area (Å²) < 4.78 is 0. The van der Waals surface area contributed by atoms with Crippen LogP contribution in [-0.2, 0) is 32.7 Å². The minimum Gasteiger partial charge on any atom is -0.623 e. The zero-order valence-corrected chi connectivity index (χ0v) is 11.7. The van der Waals surface area contributed by atoms with Crippen LogP contribution in [0.15, 0.2) is 24.3 Å². The van der Waals surface area contributed by atoms with Crippen molar-refractivity contribution in [2.24, 2.45) is 0 Å². The Morgan fingerprint density at radius 1 is 1.15 bits per heavy atom. The predicted molar refractivity (Wildman–Crippen MR) is 54.6 cm³/mol. The van der Waals surface area contributed by atoms with Crippen molar-refractivity contribution < 1.29 is 32.7 Å². The van der Waals surface area contributed by atoms with Gasteiger partial charge in [0.25, 0.3) is 0 Å². The first-order valence-electron chi connectivity index (χ1n) is 4.27. The van der Waals surface area contributed by atoms with Crippen LogP contribution >= 0.6 is 0 Å². The van der Waals surface area contributed by atoms with E-state index in [1.165, 1.54) is 5.56 Å². The Labute approximate surface area is 106 Å². The molecule has 0 heterocycles. The van der Waals surface area contributed by atoms with Crippen molar-refractivity contribution in [1.82, 2.24) is 5.43 Å². The van der Waals surface area contributed by atoms with Crippen LogP contribution in [0.5, 0.6) is 0 Å². The molecular weight excluding hydrogens is 237 g/mol. The van der Waals surface area contributed by atoms with Crippen LogP contribution in [0.2, 0.25) is 0 Å². The Morgan fingerprint density at radius 3 is 2.15 bits per heavy atom. The van der Waals surface area contributed by atoms with E-state index >= 15 is 0 Å². The van der Waals surface area contributed by atoms with Gasteiger partial charge in [-0.05, 0) is 14.0 Å². The number of nitrogens with one attached hydrogen (secondary N) is 1. The first kappa shape index (κ1) is 15.6. The van der Waals surface area contributed by atoms with Gasteiger partial charge in [0.15, 0.2) is 0 Å². The van der Waals surface area contributed by atoms with E-state index < -0.39 is 0 Å². The van der Waals surface area contributed by atoms with Crippen molar-refractivity contribution in [3.05, 3.63) is 35.3 Å². The summed E-state index contributed by atoms with van der Waals surface area (Å²) in [7, 11) is 1.80. The first-order valence-corrected chi connectivity index (χ1v) is 4.27. The minimum atomic E-state index is 0. The summed E-state index contributed by atoms with van der Waals surface area (Å²) in [6.07, 6.45) is 0. The van der Waals surface area contributed by atoms with Gasteiger partial charge in [-0.25, -0.2) is 0 Å². The van der Waals surface area contributed by atoms with E-state index in [-0.39, 0.29) is 32.7 Å². The molecule has 0 saturated carbocycles. The Morgan fingerprint density at radius 2 is 1.69 bits per heavy atom. The molecule has 1 radical (unpaired) electrons. The largest absolute Gasteiger partial charge is 0.623 e. The van der Waals surface area contributed by atoms with E-state index in [0.717, 1.165) is 5.69 Å². The zero-order chi connectivity index (χ0) is 9.40. The molecule has 2 nitrogen and oxygen atoms in total. The molecule has 0 saturated heterocycles. The molecule has 0 aliphatic carbocycles. The second kappa shape index (κ2) is 10.2. The number of benzene rings is 1. The van der Waals surface area contributed by atoms with Gasteiger partial charge in [-0.3, -0.25) is 0 Å². The van der Waals surface area contributed by atoms with Crippen LogP contribution in [0, 0.1) is 6.92 Å². The molecule has 0 atom stereocenters. The van der Waals surface area contributed by atoms with E-state index in [1.54, 1.807) is 7.05 Å². The fourth-order valence-corrected chi connectivity index (χ4v) is 0.809. The maximum absolute atomic E-state index is 4.06. The van der Waals surface area contributed by atoms with Gasteiger partial charge in [-0.1, -0.05) is 43.7 Å². The molecule has 0 aromatic heterocycles. The molecule has 71 valence electrons. The number of rotatable bonds is 2. The van der Waals surface area contributed by atoms with Gasteiger partial charge in [-0.2, -0.15) is 0 Å². The summed E-state index contributed by atoms with van der Waals surface area (Å²) in [6.45, 7) is 6.04. The van der Waals surface area contributed by atoms with Gasteiger partial charge in [-0.15, -0.1) is 5.69 Å². The summed E-state index contributed by atoms with van der Waals surface area (Å²) in [5, 5.41) is 0. The van der Waals surface area contributed by atoms with Crippen molar-refractivity contribution in [3.63, 3.8) is 0 Å². The van der Waals surface area contributed by atoms with Gasteiger partial charge in [0.1, 0.15) is 0 Å². The third kappa shape index (κ3) is 6.19. The van der Waals surface area contributed by atoms with Crippen LogP contribution in [-0.4, -0.2) is 7.05 Å². The summed E-state index contributed by atoms with van der Waals surface area (Å²) in [5.41, 5.74) is 9.00. The predicted octanol–water partition coefficient (Wildman–Crippen LogP) is 3.16. The SMILES string of the molecule is CC.CN[N-]c1ccccc1C.[Y]. The molecule has 1 aromatic rings. The summed E-state index contributed by atoms with van der Waals surface area (Å²) in [4.78, 5) is 0. The Balaban J connectivity index is 0. The van der Waals surface area contributed by atoms with Crippen molar-refractivity contribution >= 4 is 5.69 Å². The number of para-hydroxylation sites is 1. The average Bonchev–Trinajstić information content (AvgIpc) is 2.13. The molecule has 3 heteroatoms. The van der Waals surface area contributed by atoms with E-state index in [2.05, 4.69) is 10.9 Å². The van der Waals surface area contributed by atoms with Gasteiger partial charge < -0.3 is 10.9 Å². The van der Waals surface area contributed by atoms with Crippen LogP contribution in [0.1, 0.15) is 19.4 Å². The number of hydrogen-bond acceptors (Lipinski definition) is 1. The molecule has 13 heavy (non-hydrogen) atoms. The summed E-state index contributed by atoms with van der Waals surface area (Å²) in [5.74, 6) is 0. The maximum Gasteiger partial charge on any atom is 0 e. The molecule has 0 amide bonds. The van der Waals surface area contributed by atoms with Gasteiger partial charge in [0.05, 0.1) is 0 Å². The van der Waals surface area contributed by atoms with Gasteiger partial charge in [0.2, 0.25) is 0 Å². The number of aryl methyl sites for hydroxylation is 1. The molecule has 0 spiro atoms. The van der Waals surface area contributed by atoms with Crippen molar-refractivity contribution in [1.29, 1.82) is 0 Å². The van der Waals surface area contributed by atoms with E-state index in [9.17, 15) is 0 Å². The quantitative estimate of drug-likeness (QED) is 0.806. The average molecular weight is 254 g/mol. The summed E-state index contributed by atoms with van der Waals surface area (Å²) >= 11 is 0. The van der Waals surface area contributed by atoms with Crippen molar-refractivity contribution in [2.45, 2.75) is 20.8 Å². The smallest absolute Gasteiger partial charge is 0 e. The number of nitrogens with zero attached hydrogens (tertiary/aromatic N) is 1. The monoisotopic (exact) mass is 254 g/mol. The fourth-order valence-electron chi connectivity index (χ4n) is 0.809. The summed E-state index contributed by atoms with van der Waals surface area (Å²) in [6, 6.07) is 8.00. The second-order valence-corrected chi connectivity index (χ2v) is 2.12. The molecule has 0 bridgehead atoms. The zero-order valence-electron chi connectivity index (χ0n) is 8.83. The standard InChI is InChI=1S/C8H11N2.C2H6.Y/c1-7-5-3-4-6-8(7)10-9-2;1-2;/h3-6,9H,1-2H3;1-2H3;/q-1;;. The van der Waals surface area contributed by atoms with E-state index in [4.69, 9.17) is 0 Å². The third-order valence-corrected chi connectivity index (χ3v) is 1.35. The first-order chi connectivity index (χ1) is 5.84. The fraction of sp³-hybridized carbons (Fsp3) is 0.400.